The number of anilines is 1. The molecule has 0 aliphatic carbocycles. The second-order valence-corrected chi connectivity index (χ2v) is 7.39. The summed E-state index contributed by atoms with van der Waals surface area (Å²) in [5.74, 6) is 0.342. The SMILES string of the molecule is CCCOc1ccc(-c2ccc(OC(F)F)c(/C=C/C(=O)Nc3ccc(S)cc3)c2)cc1. The largest absolute Gasteiger partial charge is 0.494 e. The molecule has 0 aliphatic heterocycles. The summed E-state index contributed by atoms with van der Waals surface area (Å²) in [5.41, 5.74) is 2.62. The van der Waals surface area contributed by atoms with Gasteiger partial charge < -0.3 is 14.8 Å². The lowest BCUT2D eigenvalue weighted by molar-refractivity contribution is -0.111. The van der Waals surface area contributed by atoms with Gasteiger partial charge >= 0.3 is 6.61 Å². The molecule has 0 saturated carbocycles. The molecule has 0 fully saturated rings. The van der Waals surface area contributed by atoms with Crippen LogP contribution in [-0.4, -0.2) is 19.1 Å². The summed E-state index contributed by atoms with van der Waals surface area (Å²) in [5, 5.41) is 2.71. The number of halogens is 2. The number of benzene rings is 3. The highest BCUT2D eigenvalue weighted by Crippen LogP contribution is 2.30. The predicted molar refractivity (Wildman–Crippen MR) is 126 cm³/mol. The Morgan fingerprint density at radius 2 is 1.72 bits per heavy atom. The second kappa shape index (κ2) is 11.3. The molecular formula is C25H23F2NO3S. The molecule has 0 heterocycles. The van der Waals surface area contributed by atoms with Crippen molar-refractivity contribution in [1.29, 1.82) is 0 Å². The molecular weight excluding hydrogens is 432 g/mol. The summed E-state index contributed by atoms with van der Waals surface area (Å²) in [7, 11) is 0. The minimum absolute atomic E-state index is 0.0184. The van der Waals surface area contributed by atoms with Gasteiger partial charge in [-0.15, -0.1) is 12.6 Å². The van der Waals surface area contributed by atoms with Gasteiger partial charge in [0.25, 0.3) is 0 Å². The summed E-state index contributed by atoms with van der Waals surface area (Å²) in [6.07, 6.45) is 3.63. The zero-order chi connectivity index (χ0) is 22.9. The first kappa shape index (κ1) is 23.3. The number of amides is 1. The quantitative estimate of drug-likeness (QED) is 0.279. The number of thiol groups is 1. The second-order valence-electron chi connectivity index (χ2n) is 6.87. The molecule has 0 bridgehead atoms. The summed E-state index contributed by atoms with van der Waals surface area (Å²) in [6.45, 7) is -0.310. The molecule has 0 aliphatic rings. The smallest absolute Gasteiger partial charge is 0.387 e. The van der Waals surface area contributed by atoms with Crippen LogP contribution < -0.4 is 14.8 Å². The van der Waals surface area contributed by atoms with E-state index in [9.17, 15) is 13.6 Å². The molecule has 0 radical (unpaired) electrons. The Kier molecular flexibility index (Phi) is 8.27. The lowest BCUT2D eigenvalue weighted by Crippen LogP contribution is -2.07. The van der Waals surface area contributed by atoms with E-state index in [2.05, 4.69) is 22.7 Å². The fourth-order valence-corrected chi connectivity index (χ4v) is 3.07. The van der Waals surface area contributed by atoms with Gasteiger partial charge in [-0.25, -0.2) is 0 Å². The molecule has 1 amide bonds. The van der Waals surface area contributed by atoms with Gasteiger partial charge in [0.2, 0.25) is 5.91 Å². The van der Waals surface area contributed by atoms with E-state index in [-0.39, 0.29) is 5.75 Å². The number of carbonyl (C=O) groups excluding carboxylic acids is 1. The first-order valence-electron chi connectivity index (χ1n) is 10.0. The first-order chi connectivity index (χ1) is 15.4. The number of carbonyl (C=O) groups is 1. The van der Waals surface area contributed by atoms with Crippen LogP contribution in [0.5, 0.6) is 11.5 Å². The number of ether oxygens (including phenoxy) is 2. The lowest BCUT2D eigenvalue weighted by Gasteiger charge is -2.11. The van der Waals surface area contributed by atoms with Crippen molar-refractivity contribution >= 4 is 30.3 Å². The Balaban J connectivity index is 1.81. The van der Waals surface area contributed by atoms with Crippen molar-refractivity contribution in [2.45, 2.75) is 24.9 Å². The molecule has 0 spiro atoms. The number of rotatable bonds is 9. The van der Waals surface area contributed by atoms with Crippen molar-refractivity contribution in [2.24, 2.45) is 0 Å². The van der Waals surface area contributed by atoms with Crippen LogP contribution in [0.15, 0.2) is 77.7 Å². The zero-order valence-electron chi connectivity index (χ0n) is 17.4. The molecule has 3 aromatic carbocycles. The average Bonchev–Trinajstić information content (AvgIpc) is 2.78. The van der Waals surface area contributed by atoms with Crippen LogP contribution in [0, 0.1) is 0 Å². The van der Waals surface area contributed by atoms with E-state index in [4.69, 9.17) is 4.74 Å². The number of nitrogens with one attached hydrogen (secondary N) is 1. The first-order valence-corrected chi connectivity index (χ1v) is 10.5. The highest BCUT2D eigenvalue weighted by Gasteiger charge is 2.11. The fourth-order valence-electron chi connectivity index (χ4n) is 2.92. The van der Waals surface area contributed by atoms with E-state index >= 15 is 0 Å². The van der Waals surface area contributed by atoms with Gasteiger partial charge in [0.05, 0.1) is 6.61 Å². The molecule has 0 aromatic heterocycles. The minimum Gasteiger partial charge on any atom is -0.494 e. The molecule has 4 nitrogen and oxygen atoms in total. The van der Waals surface area contributed by atoms with Crippen LogP contribution >= 0.6 is 12.6 Å². The molecule has 1 N–H and O–H groups in total. The third kappa shape index (κ3) is 6.85. The van der Waals surface area contributed by atoms with E-state index in [0.717, 1.165) is 28.2 Å². The number of hydrogen-bond acceptors (Lipinski definition) is 4. The van der Waals surface area contributed by atoms with Gasteiger partial charge in [0.1, 0.15) is 11.5 Å². The van der Waals surface area contributed by atoms with Crippen LogP contribution in [-0.2, 0) is 4.79 Å². The Labute approximate surface area is 191 Å². The van der Waals surface area contributed by atoms with Gasteiger partial charge in [-0.1, -0.05) is 25.1 Å². The monoisotopic (exact) mass is 455 g/mol. The number of hydrogen-bond donors (Lipinski definition) is 2. The van der Waals surface area contributed by atoms with Crippen LogP contribution in [0.2, 0.25) is 0 Å². The van der Waals surface area contributed by atoms with Crippen LogP contribution in [0.3, 0.4) is 0 Å². The molecule has 0 atom stereocenters. The Hall–Kier alpha value is -3.32. The summed E-state index contributed by atoms with van der Waals surface area (Å²) >= 11 is 4.20. The van der Waals surface area contributed by atoms with Crippen molar-refractivity contribution < 1.29 is 23.0 Å². The van der Waals surface area contributed by atoms with Crippen LogP contribution in [0.25, 0.3) is 17.2 Å². The average molecular weight is 456 g/mol. The molecule has 3 aromatic rings. The van der Waals surface area contributed by atoms with Crippen LogP contribution in [0.1, 0.15) is 18.9 Å². The van der Waals surface area contributed by atoms with E-state index in [1.165, 1.54) is 18.2 Å². The van der Waals surface area contributed by atoms with Gasteiger partial charge in [0.15, 0.2) is 0 Å². The van der Waals surface area contributed by atoms with Crippen molar-refractivity contribution in [3.8, 4) is 22.6 Å². The zero-order valence-corrected chi connectivity index (χ0v) is 18.3. The molecule has 0 unspecified atom stereocenters. The van der Waals surface area contributed by atoms with E-state index in [1.807, 2.05) is 31.2 Å². The van der Waals surface area contributed by atoms with Crippen molar-refractivity contribution in [3.63, 3.8) is 0 Å². The van der Waals surface area contributed by atoms with Gasteiger partial charge in [-0.2, -0.15) is 8.78 Å². The molecule has 7 heteroatoms. The topological polar surface area (TPSA) is 47.6 Å². The Bertz CT molecular complexity index is 1070. The Morgan fingerprint density at radius 1 is 1.03 bits per heavy atom. The minimum atomic E-state index is -2.98. The summed E-state index contributed by atoms with van der Waals surface area (Å²) in [4.78, 5) is 13.0. The molecule has 3 rings (SSSR count). The maximum atomic E-state index is 12.8. The van der Waals surface area contributed by atoms with Gasteiger partial charge in [-0.3, -0.25) is 4.79 Å². The normalized spacial score (nSPS) is 11.0. The van der Waals surface area contributed by atoms with E-state index in [1.54, 1.807) is 36.4 Å². The number of alkyl halides is 2. The van der Waals surface area contributed by atoms with E-state index in [0.29, 0.717) is 17.9 Å². The van der Waals surface area contributed by atoms with Crippen molar-refractivity contribution in [3.05, 3.63) is 78.4 Å². The van der Waals surface area contributed by atoms with Gasteiger partial charge in [0, 0.05) is 22.2 Å². The maximum absolute atomic E-state index is 12.8. The van der Waals surface area contributed by atoms with Crippen LogP contribution in [0.4, 0.5) is 14.5 Å². The third-order valence-electron chi connectivity index (χ3n) is 4.44. The standard InChI is InChI=1S/C25H23F2NO3S/c1-2-15-30-21-9-3-17(4-10-21)18-5-13-23(31-25(26)27)19(16-18)6-14-24(29)28-20-7-11-22(32)12-8-20/h3-14,16,25,32H,2,15H2,1H3,(H,28,29)/b14-6+. The highest BCUT2D eigenvalue weighted by molar-refractivity contribution is 7.80. The molecule has 32 heavy (non-hydrogen) atoms. The van der Waals surface area contributed by atoms with Gasteiger partial charge in [-0.05, 0) is 72.2 Å². The Morgan fingerprint density at radius 3 is 2.38 bits per heavy atom. The van der Waals surface area contributed by atoms with Crippen molar-refractivity contribution in [1.82, 2.24) is 0 Å². The molecule has 0 saturated heterocycles. The third-order valence-corrected chi connectivity index (χ3v) is 4.73. The molecule has 166 valence electrons. The maximum Gasteiger partial charge on any atom is 0.387 e. The fraction of sp³-hybridized carbons (Fsp3) is 0.160. The van der Waals surface area contributed by atoms with Crippen molar-refractivity contribution in [2.75, 3.05) is 11.9 Å². The summed E-state index contributed by atoms with van der Waals surface area (Å²) < 4.78 is 35.9. The summed E-state index contributed by atoms with van der Waals surface area (Å²) in [6, 6.07) is 19.3. The highest BCUT2D eigenvalue weighted by atomic mass is 32.1. The predicted octanol–water partition coefficient (Wildman–Crippen LogP) is 6.68. The lowest BCUT2D eigenvalue weighted by atomic mass is 10.0. The van der Waals surface area contributed by atoms with E-state index < -0.39 is 12.5 Å².